The Bertz CT molecular complexity index is 574. The Labute approximate surface area is 143 Å². The molecule has 0 radical (unpaired) electrons. The molecule has 0 fully saturated rings. The van der Waals surface area contributed by atoms with Crippen molar-refractivity contribution in [2.75, 3.05) is 18.5 Å². The molecule has 0 bridgehead atoms. The normalized spacial score (nSPS) is 12.4. The molecule has 25 heavy (non-hydrogen) atoms. The first kappa shape index (κ1) is 20.6. The van der Waals surface area contributed by atoms with E-state index in [4.69, 9.17) is 4.74 Å². The Morgan fingerprint density at radius 2 is 1.76 bits per heavy atom. The summed E-state index contributed by atoms with van der Waals surface area (Å²) in [7, 11) is 0. The monoisotopic (exact) mass is 362 g/mol. The molecule has 140 valence electrons. The number of halogens is 3. The maximum absolute atomic E-state index is 12.3. The predicted molar refractivity (Wildman–Crippen MR) is 85.4 cm³/mol. The van der Waals surface area contributed by atoms with E-state index in [0.717, 1.165) is 0 Å². The van der Waals surface area contributed by atoms with Crippen LogP contribution in [0.1, 0.15) is 20.8 Å². The van der Waals surface area contributed by atoms with Crippen molar-refractivity contribution in [2.24, 2.45) is 5.92 Å². The quantitative estimate of drug-likeness (QED) is 0.780. The van der Waals surface area contributed by atoms with Gasteiger partial charge in [0.25, 0.3) is 0 Å². The van der Waals surface area contributed by atoms with Crippen LogP contribution in [0, 0.1) is 5.92 Å². The van der Waals surface area contributed by atoms with Crippen molar-refractivity contribution in [3.63, 3.8) is 0 Å². The number of anilines is 1. The lowest BCUT2D eigenvalue weighted by molar-refractivity contribution is -0.153. The van der Waals surface area contributed by atoms with E-state index in [2.05, 4.69) is 15.4 Å². The second kappa shape index (κ2) is 9.14. The van der Waals surface area contributed by atoms with Gasteiger partial charge in [-0.1, -0.05) is 13.8 Å². The van der Waals surface area contributed by atoms with E-state index in [1.54, 1.807) is 20.8 Å². The van der Waals surface area contributed by atoms with Crippen molar-refractivity contribution in [3.05, 3.63) is 24.3 Å². The maximum Gasteiger partial charge on any atom is 0.422 e. The molecular formula is C16H21F3N2O4. The summed E-state index contributed by atoms with van der Waals surface area (Å²) in [5.41, 5.74) is 0.362. The van der Waals surface area contributed by atoms with Crippen LogP contribution in [0.15, 0.2) is 24.3 Å². The average molecular weight is 362 g/mol. The van der Waals surface area contributed by atoms with Crippen molar-refractivity contribution in [1.29, 1.82) is 0 Å². The van der Waals surface area contributed by atoms with E-state index < -0.39 is 30.8 Å². The number of amides is 2. The first-order valence-electron chi connectivity index (χ1n) is 7.66. The molecule has 0 aliphatic heterocycles. The molecular weight excluding hydrogens is 341 g/mol. The van der Waals surface area contributed by atoms with Gasteiger partial charge >= 0.3 is 12.3 Å². The predicted octanol–water partition coefficient (Wildman–Crippen LogP) is 3.34. The molecule has 1 aromatic rings. The first-order valence-corrected chi connectivity index (χ1v) is 7.66. The molecule has 0 aliphatic rings. The molecule has 1 unspecified atom stereocenters. The summed E-state index contributed by atoms with van der Waals surface area (Å²) in [5.74, 6) is -0.633. The zero-order valence-corrected chi connectivity index (χ0v) is 14.1. The summed E-state index contributed by atoms with van der Waals surface area (Å²) in [4.78, 5) is 23.8. The molecule has 0 saturated heterocycles. The van der Waals surface area contributed by atoms with Crippen LogP contribution < -0.4 is 15.4 Å². The summed E-state index contributed by atoms with van der Waals surface area (Å²) in [6, 6.07) is 4.62. The molecule has 6 nitrogen and oxygen atoms in total. The Kier molecular flexibility index (Phi) is 7.53. The molecule has 2 N–H and O–H groups in total. The first-order chi connectivity index (χ1) is 11.6. The summed E-state index contributed by atoms with van der Waals surface area (Å²) < 4.78 is 45.6. The summed E-state index contributed by atoms with van der Waals surface area (Å²) in [6.45, 7) is 3.94. The molecule has 0 heterocycles. The molecule has 1 aromatic carbocycles. The highest BCUT2D eigenvalue weighted by molar-refractivity contribution is 5.96. The third-order valence-corrected chi connectivity index (χ3v) is 3.02. The van der Waals surface area contributed by atoms with Crippen LogP contribution in [-0.2, 0) is 9.53 Å². The largest absolute Gasteiger partial charge is 0.484 e. The lowest BCUT2D eigenvalue weighted by Gasteiger charge is -2.21. The number of ether oxygens (including phenoxy) is 2. The molecule has 2 amide bonds. The number of nitrogens with one attached hydrogen (secondary N) is 2. The van der Waals surface area contributed by atoms with E-state index in [0.29, 0.717) is 5.69 Å². The van der Waals surface area contributed by atoms with Gasteiger partial charge in [-0.3, -0.25) is 4.79 Å². The van der Waals surface area contributed by atoms with Crippen molar-refractivity contribution < 1.29 is 32.2 Å². The van der Waals surface area contributed by atoms with E-state index >= 15 is 0 Å². The lowest BCUT2D eigenvalue weighted by atomic mass is 10.0. The summed E-state index contributed by atoms with van der Waals surface area (Å²) in [6.07, 6.45) is -5.12. The van der Waals surface area contributed by atoms with Gasteiger partial charge in [0, 0.05) is 5.69 Å². The van der Waals surface area contributed by atoms with Crippen LogP contribution >= 0.6 is 0 Å². The number of rotatable bonds is 7. The third kappa shape index (κ3) is 7.77. The molecule has 1 rings (SSSR count). The topological polar surface area (TPSA) is 76.7 Å². The molecule has 1 atom stereocenters. The SMILES string of the molecule is CCOC(=O)NC(C(=O)Nc1ccc(OCC(F)(F)F)cc1)C(C)C. The number of carbonyl (C=O) groups is 2. The van der Waals surface area contributed by atoms with Gasteiger partial charge in [-0.2, -0.15) is 13.2 Å². The van der Waals surface area contributed by atoms with Gasteiger partial charge in [-0.25, -0.2) is 4.79 Å². The van der Waals surface area contributed by atoms with E-state index in [-0.39, 0.29) is 18.3 Å². The van der Waals surface area contributed by atoms with Gasteiger partial charge in [-0.05, 0) is 37.1 Å². The van der Waals surface area contributed by atoms with Gasteiger partial charge in [0.05, 0.1) is 6.61 Å². The van der Waals surface area contributed by atoms with Crippen molar-refractivity contribution in [2.45, 2.75) is 33.0 Å². The standard InChI is InChI=1S/C16H21F3N2O4/c1-4-24-15(23)21-13(10(2)3)14(22)20-11-5-7-12(8-6-11)25-9-16(17,18)19/h5-8,10,13H,4,9H2,1-3H3,(H,20,22)(H,21,23). The highest BCUT2D eigenvalue weighted by Gasteiger charge is 2.28. The molecule has 0 aliphatic carbocycles. The van der Waals surface area contributed by atoms with Gasteiger partial charge < -0.3 is 20.1 Å². The van der Waals surface area contributed by atoms with Gasteiger partial charge in [0.15, 0.2) is 6.61 Å². The molecule has 0 saturated carbocycles. The molecule has 0 aromatic heterocycles. The van der Waals surface area contributed by atoms with Crippen LogP contribution in [0.25, 0.3) is 0 Å². The smallest absolute Gasteiger partial charge is 0.422 e. The third-order valence-electron chi connectivity index (χ3n) is 3.02. The summed E-state index contributed by atoms with van der Waals surface area (Å²) in [5, 5.41) is 5.05. The highest BCUT2D eigenvalue weighted by Crippen LogP contribution is 2.20. The fraction of sp³-hybridized carbons (Fsp3) is 0.500. The van der Waals surface area contributed by atoms with E-state index in [9.17, 15) is 22.8 Å². The number of hydrogen-bond donors (Lipinski definition) is 2. The highest BCUT2D eigenvalue weighted by atomic mass is 19.4. The van der Waals surface area contributed by atoms with Crippen LogP contribution in [0.4, 0.5) is 23.7 Å². The Morgan fingerprint density at radius 3 is 2.24 bits per heavy atom. The minimum atomic E-state index is -4.42. The fourth-order valence-corrected chi connectivity index (χ4v) is 1.85. The van der Waals surface area contributed by atoms with E-state index in [1.807, 2.05) is 0 Å². The van der Waals surface area contributed by atoms with Crippen LogP contribution in [0.5, 0.6) is 5.75 Å². The van der Waals surface area contributed by atoms with Crippen molar-refractivity contribution in [1.82, 2.24) is 5.32 Å². The Morgan fingerprint density at radius 1 is 1.16 bits per heavy atom. The number of benzene rings is 1. The summed E-state index contributed by atoms with van der Waals surface area (Å²) >= 11 is 0. The second-order valence-electron chi connectivity index (χ2n) is 5.50. The van der Waals surface area contributed by atoms with Crippen LogP contribution in [-0.4, -0.2) is 37.4 Å². The van der Waals surface area contributed by atoms with Gasteiger partial charge in [0.1, 0.15) is 11.8 Å². The number of alkyl carbamates (subject to hydrolysis) is 1. The average Bonchev–Trinajstić information content (AvgIpc) is 2.51. The second-order valence-corrected chi connectivity index (χ2v) is 5.50. The minimum absolute atomic E-state index is 0.0281. The van der Waals surface area contributed by atoms with Crippen molar-refractivity contribution in [3.8, 4) is 5.75 Å². The van der Waals surface area contributed by atoms with Crippen LogP contribution in [0.3, 0.4) is 0 Å². The number of carbonyl (C=O) groups excluding carboxylic acids is 2. The zero-order chi connectivity index (χ0) is 19.0. The Balaban J connectivity index is 2.66. The number of alkyl halides is 3. The van der Waals surface area contributed by atoms with E-state index in [1.165, 1.54) is 24.3 Å². The molecule has 9 heteroatoms. The van der Waals surface area contributed by atoms with Crippen molar-refractivity contribution >= 4 is 17.7 Å². The fourth-order valence-electron chi connectivity index (χ4n) is 1.85. The zero-order valence-electron chi connectivity index (χ0n) is 14.1. The Hall–Kier alpha value is -2.45. The van der Waals surface area contributed by atoms with Gasteiger partial charge in [-0.15, -0.1) is 0 Å². The van der Waals surface area contributed by atoms with Crippen LogP contribution in [0.2, 0.25) is 0 Å². The lowest BCUT2D eigenvalue weighted by Crippen LogP contribution is -2.47. The minimum Gasteiger partial charge on any atom is -0.484 e. The maximum atomic E-state index is 12.3. The number of hydrogen-bond acceptors (Lipinski definition) is 4. The van der Waals surface area contributed by atoms with Gasteiger partial charge in [0.2, 0.25) is 5.91 Å². The molecule has 0 spiro atoms.